The molecule has 0 saturated heterocycles. The minimum Gasteiger partial charge on any atom is -0.352 e. The van der Waals surface area contributed by atoms with Crippen molar-refractivity contribution in [3.05, 3.63) is 29.8 Å². The molecule has 1 aromatic heterocycles. The highest BCUT2D eigenvalue weighted by Gasteiger charge is 2.40. The summed E-state index contributed by atoms with van der Waals surface area (Å²) in [5.74, 6) is 1.91. The minimum absolute atomic E-state index is 0. The number of halogens is 1. The number of H-pyrrole nitrogens is 1. The summed E-state index contributed by atoms with van der Waals surface area (Å²) >= 11 is 0. The van der Waals surface area contributed by atoms with Crippen LogP contribution in [0.1, 0.15) is 37.7 Å². The average Bonchev–Trinajstić information content (AvgIpc) is 3.14. The number of amides is 1. The van der Waals surface area contributed by atoms with Crippen LogP contribution in [0.5, 0.6) is 0 Å². The fraction of sp³-hybridized carbons (Fsp3) is 0.556. The van der Waals surface area contributed by atoms with E-state index in [9.17, 15) is 4.79 Å². The van der Waals surface area contributed by atoms with Crippen molar-refractivity contribution in [2.75, 3.05) is 0 Å². The van der Waals surface area contributed by atoms with Gasteiger partial charge in [0.15, 0.2) is 0 Å². The lowest BCUT2D eigenvalue weighted by Crippen LogP contribution is -2.49. The molecule has 2 aliphatic rings. The Morgan fingerprint density at radius 3 is 2.50 bits per heavy atom. The number of aromatic amines is 1. The van der Waals surface area contributed by atoms with Crippen LogP contribution in [0.4, 0.5) is 0 Å². The number of aromatic nitrogens is 4. The largest absolute Gasteiger partial charge is 0.352 e. The van der Waals surface area contributed by atoms with Crippen molar-refractivity contribution < 1.29 is 4.79 Å². The molecule has 1 heterocycles. The molecule has 4 N–H and O–H groups in total. The Hall–Kier alpha value is -1.99. The summed E-state index contributed by atoms with van der Waals surface area (Å²) in [4.78, 5) is 12.6. The first-order valence-corrected chi connectivity index (χ1v) is 9.07. The standard InChI is InChI=1S/C18H24N6O.ClH/c19-16-13-2-1-3-14(16)9-15(8-13)18(25)20-10-11-4-6-12(7-5-11)17-21-23-24-22-17;/h4-7,13-16H,1-3,8-10,19H2,(H,20,25)(H,21,22,23,24);1H. The molecule has 4 rings (SSSR count). The zero-order chi connectivity index (χ0) is 17.2. The van der Waals surface area contributed by atoms with Gasteiger partial charge in [-0.15, -0.1) is 22.6 Å². The quantitative estimate of drug-likeness (QED) is 0.756. The van der Waals surface area contributed by atoms with Crippen molar-refractivity contribution in [1.82, 2.24) is 25.9 Å². The third-order valence-electron chi connectivity index (χ3n) is 5.81. The first-order chi connectivity index (χ1) is 12.2. The molecule has 0 aliphatic heterocycles. The van der Waals surface area contributed by atoms with Crippen molar-refractivity contribution in [3.63, 3.8) is 0 Å². The van der Waals surface area contributed by atoms with Gasteiger partial charge in [-0.1, -0.05) is 30.7 Å². The number of hydrogen-bond acceptors (Lipinski definition) is 5. The lowest BCUT2D eigenvalue weighted by molar-refractivity contribution is -0.128. The van der Waals surface area contributed by atoms with Crippen LogP contribution < -0.4 is 11.1 Å². The van der Waals surface area contributed by atoms with Gasteiger partial charge in [0.05, 0.1) is 0 Å². The van der Waals surface area contributed by atoms with Crippen molar-refractivity contribution in [3.8, 4) is 11.4 Å². The van der Waals surface area contributed by atoms with E-state index in [1.807, 2.05) is 24.3 Å². The lowest BCUT2D eigenvalue weighted by Gasteiger charge is -2.43. The van der Waals surface area contributed by atoms with Gasteiger partial charge in [-0.05, 0) is 48.3 Å². The van der Waals surface area contributed by atoms with Gasteiger partial charge in [0, 0.05) is 24.1 Å². The number of nitrogens with two attached hydrogens (primary N) is 1. The first-order valence-electron chi connectivity index (χ1n) is 9.07. The molecule has 0 radical (unpaired) electrons. The monoisotopic (exact) mass is 376 g/mol. The van der Waals surface area contributed by atoms with Crippen LogP contribution in [0, 0.1) is 17.8 Å². The second kappa shape index (κ2) is 8.14. The summed E-state index contributed by atoms with van der Waals surface area (Å²) in [6.07, 6.45) is 5.52. The number of fused-ring (bicyclic) bond motifs is 2. The fourth-order valence-electron chi connectivity index (χ4n) is 4.39. The van der Waals surface area contributed by atoms with E-state index in [4.69, 9.17) is 5.73 Å². The molecule has 8 heteroatoms. The van der Waals surface area contributed by atoms with Gasteiger partial charge in [-0.3, -0.25) is 4.79 Å². The molecule has 7 nitrogen and oxygen atoms in total. The molecular weight excluding hydrogens is 352 g/mol. The van der Waals surface area contributed by atoms with Gasteiger partial charge >= 0.3 is 0 Å². The molecular formula is C18H25ClN6O. The Morgan fingerprint density at radius 1 is 1.19 bits per heavy atom. The van der Waals surface area contributed by atoms with Crippen molar-refractivity contribution >= 4 is 18.3 Å². The number of nitrogens with one attached hydrogen (secondary N) is 2. The smallest absolute Gasteiger partial charge is 0.223 e. The van der Waals surface area contributed by atoms with Gasteiger partial charge < -0.3 is 11.1 Å². The first kappa shape index (κ1) is 18.8. The number of hydrogen-bond donors (Lipinski definition) is 3. The van der Waals surface area contributed by atoms with Gasteiger partial charge in [-0.25, -0.2) is 0 Å². The van der Waals surface area contributed by atoms with E-state index in [1.54, 1.807) is 0 Å². The van der Waals surface area contributed by atoms with Crippen molar-refractivity contribution in [1.29, 1.82) is 0 Å². The molecule has 2 atom stereocenters. The summed E-state index contributed by atoms with van der Waals surface area (Å²) in [6.45, 7) is 0.545. The van der Waals surface area contributed by atoms with E-state index in [0.29, 0.717) is 30.2 Å². The molecule has 0 spiro atoms. The van der Waals surface area contributed by atoms with Gasteiger partial charge in [0.2, 0.25) is 11.7 Å². The predicted molar refractivity (Wildman–Crippen MR) is 100 cm³/mol. The molecule has 1 aromatic carbocycles. The maximum Gasteiger partial charge on any atom is 0.223 e. The van der Waals surface area contributed by atoms with Crippen molar-refractivity contribution in [2.24, 2.45) is 23.5 Å². The average molecular weight is 377 g/mol. The Kier molecular flexibility index (Phi) is 5.88. The zero-order valence-corrected chi connectivity index (χ0v) is 15.4. The van der Waals surface area contributed by atoms with Crippen LogP contribution in [-0.4, -0.2) is 32.6 Å². The minimum atomic E-state index is 0. The van der Waals surface area contributed by atoms with E-state index in [-0.39, 0.29) is 24.2 Å². The van der Waals surface area contributed by atoms with Crippen LogP contribution in [0.25, 0.3) is 11.4 Å². The molecule has 2 bridgehead atoms. The summed E-state index contributed by atoms with van der Waals surface area (Å²) in [6, 6.07) is 8.15. The molecule has 2 saturated carbocycles. The second-order valence-corrected chi connectivity index (χ2v) is 7.35. The zero-order valence-electron chi connectivity index (χ0n) is 14.6. The van der Waals surface area contributed by atoms with Crippen LogP contribution in [0.3, 0.4) is 0 Å². The van der Waals surface area contributed by atoms with E-state index < -0.39 is 0 Å². The van der Waals surface area contributed by atoms with Crippen LogP contribution in [-0.2, 0) is 11.3 Å². The van der Waals surface area contributed by atoms with E-state index in [1.165, 1.54) is 19.3 Å². The number of carbonyl (C=O) groups is 1. The summed E-state index contributed by atoms with van der Waals surface area (Å²) in [7, 11) is 0. The normalized spacial score (nSPS) is 27.4. The summed E-state index contributed by atoms with van der Waals surface area (Å²) in [5.41, 5.74) is 8.28. The molecule has 2 fully saturated rings. The SMILES string of the molecule is Cl.NC1C2CCCC1CC(C(=O)NCc1ccc(-c3nn[nH]n3)cc1)C2. The van der Waals surface area contributed by atoms with E-state index in [0.717, 1.165) is 24.0 Å². The third kappa shape index (κ3) is 3.88. The molecule has 2 aliphatic carbocycles. The number of carbonyl (C=O) groups excluding carboxylic acids is 1. The van der Waals surface area contributed by atoms with Crippen LogP contribution >= 0.6 is 12.4 Å². The Balaban J connectivity index is 0.00000196. The van der Waals surface area contributed by atoms with Crippen LogP contribution in [0.15, 0.2) is 24.3 Å². The third-order valence-corrected chi connectivity index (χ3v) is 5.81. The number of benzene rings is 1. The van der Waals surface area contributed by atoms with Crippen molar-refractivity contribution in [2.45, 2.75) is 44.7 Å². The van der Waals surface area contributed by atoms with E-state index in [2.05, 4.69) is 25.9 Å². The highest BCUT2D eigenvalue weighted by atomic mass is 35.5. The molecule has 26 heavy (non-hydrogen) atoms. The highest BCUT2D eigenvalue weighted by Crippen LogP contribution is 2.41. The maximum absolute atomic E-state index is 12.6. The summed E-state index contributed by atoms with van der Waals surface area (Å²) < 4.78 is 0. The summed E-state index contributed by atoms with van der Waals surface area (Å²) in [5, 5.41) is 17.0. The lowest BCUT2D eigenvalue weighted by atomic mass is 9.65. The molecule has 1 amide bonds. The number of rotatable bonds is 4. The number of nitrogens with zero attached hydrogens (tertiary/aromatic N) is 3. The fourth-order valence-corrected chi connectivity index (χ4v) is 4.39. The highest BCUT2D eigenvalue weighted by molar-refractivity contribution is 5.85. The van der Waals surface area contributed by atoms with Gasteiger partial charge in [0.1, 0.15) is 0 Å². The topological polar surface area (TPSA) is 110 Å². The second-order valence-electron chi connectivity index (χ2n) is 7.35. The maximum atomic E-state index is 12.6. The molecule has 140 valence electrons. The number of tetrazole rings is 1. The van der Waals surface area contributed by atoms with Gasteiger partial charge in [-0.2, -0.15) is 5.21 Å². The Bertz CT molecular complexity index is 706. The van der Waals surface area contributed by atoms with Gasteiger partial charge in [0.25, 0.3) is 0 Å². The predicted octanol–water partition coefficient (Wildman–Crippen LogP) is 2.06. The Labute approximate surface area is 158 Å². The van der Waals surface area contributed by atoms with Crippen LogP contribution in [0.2, 0.25) is 0 Å². The molecule has 2 unspecified atom stereocenters. The Morgan fingerprint density at radius 2 is 1.88 bits per heavy atom. The van der Waals surface area contributed by atoms with E-state index >= 15 is 0 Å². The molecule has 2 aromatic rings.